The van der Waals surface area contributed by atoms with Crippen LogP contribution in [0, 0.1) is 36.1 Å². The fourth-order valence-corrected chi connectivity index (χ4v) is 2.98. The van der Waals surface area contributed by atoms with Crippen LogP contribution < -0.4 is 5.32 Å². The Labute approximate surface area is 167 Å². The van der Waals surface area contributed by atoms with E-state index in [2.05, 4.69) is 87.5 Å². The zero-order valence-electron chi connectivity index (χ0n) is 15.2. The molecule has 1 fully saturated rings. The molecule has 21 heavy (non-hydrogen) atoms. The van der Waals surface area contributed by atoms with Gasteiger partial charge in [0.15, 0.2) is 0 Å². The van der Waals surface area contributed by atoms with E-state index >= 15 is 0 Å². The van der Waals surface area contributed by atoms with Crippen LogP contribution in [0.25, 0.3) is 0 Å². The van der Waals surface area contributed by atoms with E-state index in [-0.39, 0.29) is 47.5 Å². The molecule has 2 atom stereocenters. The van der Waals surface area contributed by atoms with Crippen molar-refractivity contribution in [3.63, 3.8) is 0 Å². The molecule has 1 heterocycles. The van der Waals surface area contributed by atoms with Crippen molar-refractivity contribution in [3.8, 4) is 0 Å². The average molecular weight is 652 g/mol. The van der Waals surface area contributed by atoms with Crippen molar-refractivity contribution >= 4 is 11.8 Å². The van der Waals surface area contributed by atoms with Crippen LogP contribution >= 0.6 is 11.8 Å². The zero-order valence-corrected chi connectivity index (χ0v) is 21.9. The molecule has 126 valence electrons. The summed E-state index contributed by atoms with van der Waals surface area (Å²) in [6.45, 7) is 25.8. The average Bonchev–Trinajstić information content (AvgIpc) is 2.44. The van der Waals surface area contributed by atoms with Crippen LogP contribution in [0.1, 0.15) is 62.3 Å². The van der Waals surface area contributed by atoms with Gasteiger partial charge in [-0.3, -0.25) is 6.54 Å². The SMILES string of the molecule is CC(C)(C)[CH-]C1[CH-]NC(C(C)(C)C)S1.[CH2-]C(C)(C)C.[W+2].[W]. The van der Waals surface area contributed by atoms with Gasteiger partial charge in [-0.1, -0.05) is 62.3 Å². The molecule has 1 nitrogen and oxygen atoms in total. The van der Waals surface area contributed by atoms with Crippen LogP contribution in [0.3, 0.4) is 0 Å². The van der Waals surface area contributed by atoms with Crippen LogP contribution in [0.2, 0.25) is 0 Å². The second-order valence-corrected chi connectivity index (χ2v) is 10.1. The molecule has 0 amide bonds. The van der Waals surface area contributed by atoms with Crippen molar-refractivity contribution in [2.45, 2.75) is 72.9 Å². The predicted octanol–water partition coefficient (Wildman–Crippen LogP) is 5.34. The Balaban J connectivity index is -0.000000405. The van der Waals surface area contributed by atoms with Crippen LogP contribution in [-0.2, 0) is 42.1 Å². The molecule has 0 spiro atoms. The molecule has 0 bridgehead atoms. The molecule has 1 rings (SSSR count). The topological polar surface area (TPSA) is 12.0 Å². The smallest absolute Gasteiger partial charge is 0.460 e. The van der Waals surface area contributed by atoms with Crippen LogP contribution in [0.5, 0.6) is 0 Å². The number of hydrogen-bond donors (Lipinski definition) is 1. The van der Waals surface area contributed by atoms with Crippen molar-refractivity contribution in [1.82, 2.24) is 5.32 Å². The maximum absolute atomic E-state index is 3.77. The van der Waals surface area contributed by atoms with Gasteiger partial charge in [0.05, 0.1) is 0 Å². The summed E-state index contributed by atoms with van der Waals surface area (Å²) in [5.41, 5.74) is 0.893. The van der Waals surface area contributed by atoms with Gasteiger partial charge in [0.1, 0.15) is 0 Å². The third-order valence-electron chi connectivity index (χ3n) is 2.16. The Bertz CT molecular complexity index is 255. The molecule has 1 aliphatic rings. The van der Waals surface area contributed by atoms with Gasteiger partial charge in [-0.05, 0) is 5.41 Å². The summed E-state index contributed by atoms with van der Waals surface area (Å²) >= 11 is 2.02. The van der Waals surface area contributed by atoms with Gasteiger partial charge >= 0.3 is 21.1 Å². The van der Waals surface area contributed by atoms with Crippen molar-refractivity contribution in [2.24, 2.45) is 16.2 Å². The molecule has 0 saturated carbocycles. The van der Waals surface area contributed by atoms with Crippen LogP contribution in [0.15, 0.2) is 0 Å². The first-order chi connectivity index (χ1) is 8.18. The molecule has 4 heteroatoms. The third kappa shape index (κ3) is 17.9. The molecule has 1 aliphatic heterocycles. The second kappa shape index (κ2) is 10.5. The van der Waals surface area contributed by atoms with Gasteiger partial charge in [-0.2, -0.15) is 10.8 Å². The van der Waals surface area contributed by atoms with E-state index in [0.717, 1.165) is 0 Å². The summed E-state index contributed by atoms with van der Waals surface area (Å²) < 4.78 is 0. The summed E-state index contributed by atoms with van der Waals surface area (Å²) in [5.74, 6) is 0. The minimum absolute atomic E-state index is 0. The predicted molar refractivity (Wildman–Crippen MR) is 90.6 cm³/mol. The maximum Gasteiger partial charge on any atom is 2.00 e. The zero-order chi connectivity index (χ0) is 15.5. The Morgan fingerprint density at radius 2 is 1.38 bits per heavy atom. The quantitative estimate of drug-likeness (QED) is 0.385. The standard InChI is InChI=1S/C12H23NS.C5H11.2W/c1-11(2,3)7-9-8-13-10(14-9)12(4,5)6;1-5(2,3)4;;/h7-10,13H,1-6H3;1H2,2-4H3;;/q-2;-1;;+2. The molecule has 0 aromatic rings. The van der Waals surface area contributed by atoms with E-state index in [1.807, 2.05) is 11.8 Å². The number of thioether (sulfide) groups is 1. The van der Waals surface area contributed by atoms with Gasteiger partial charge in [0, 0.05) is 26.4 Å². The molecule has 0 aromatic carbocycles. The van der Waals surface area contributed by atoms with Crippen LogP contribution in [0.4, 0.5) is 0 Å². The molecular weight excluding hydrogens is 618 g/mol. The summed E-state index contributed by atoms with van der Waals surface area (Å²) in [7, 11) is 0. The van der Waals surface area contributed by atoms with E-state index in [1.54, 1.807) is 0 Å². The maximum atomic E-state index is 3.77. The molecule has 2 unspecified atom stereocenters. The molecule has 0 radical (unpaired) electrons. The molecule has 0 aliphatic carbocycles. The Morgan fingerprint density at radius 3 is 1.62 bits per heavy atom. The van der Waals surface area contributed by atoms with E-state index in [0.29, 0.717) is 21.5 Å². The molecular formula is C17H34NSW2-. The van der Waals surface area contributed by atoms with Crippen molar-refractivity contribution in [1.29, 1.82) is 0 Å². The number of rotatable bonds is 1. The minimum Gasteiger partial charge on any atom is -0.460 e. The molecule has 0 aromatic heterocycles. The van der Waals surface area contributed by atoms with Crippen molar-refractivity contribution in [2.75, 3.05) is 0 Å². The minimum atomic E-state index is 0. The first kappa shape index (κ1) is 27.5. The first-order valence-corrected chi connectivity index (χ1v) is 8.09. The fourth-order valence-electron chi connectivity index (χ4n) is 1.45. The van der Waals surface area contributed by atoms with Crippen LogP contribution in [-0.4, -0.2) is 10.6 Å². The second-order valence-electron chi connectivity index (χ2n) is 8.77. The van der Waals surface area contributed by atoms with E-state index in [9.17, 15) is 0 Å². The Kier molecular flexibility index (Phi) is 13.8. The van der Waals surface area contributed by atoms with Crippen molar-refractivity contribution < 1.29 is 42.1 Å². The van der Waals surface area contributed by atoms with E-state index in [1.165, 1.54) is 0 Å². The third-order valence-corrected chi connectivity index (χ3v) is 3.86. The fraction of sp³-hybridized carbons (Fsp3) is 0.824. The monoisotopic (exact) mass is 652 g/mol. The van der Waals surface area contributed by atoms with Gasteiger partial charge in [-0.15, -0.1) is 0 Å². The molecule has 1 N–H and O–H groups in total. The summed E-state index contributed by atoms with van der Waals surface area (Å²) in [5, 5.41) is 4.58. The van der Waals surface area contributed by atoms with Crippen molar-refractivity contribution in [3.05, 3.63) is 19.9 Å². The van der Waals surface area contributed by atoms with E-state index in [4.69, 9.17) is 0 Å². The summed E-state index contributed by atoms with van der Waals surface area (Å²) in [6, 6.07) is 0. The van der Waals surface area contributed by atoms with E-state index < -0.39 is 0 Å². The summed E-state index contributed by atoms with van der Waals surface area (Å²) in [6.07, 6.45) is 2.41. The first-order valence-electron chi connectivity index (χ1n) is 7.15. The van der Waals surface area contributed by atoms with Gasteiger partial charge < -0.3 is 18.7 Å². The largest absolute Gasteiger partial charge is 2.00 e. The summed E-state index contributed by atoms with van der Waals surface area (Å²) in [4.78, 5) is 0. The Hall–Kier alpha value is 1.69. The van der Waals surface area contributed by atoms with Gasteiger partial charge in [0.2, 0.25) is 0 Å². The van der Waals surface area contributed by atoms with Gasteiger partial charge in [-0.25, -0.2) is 17.0 Å². The molecule has 1 saturated heterocycles. The number of nitrogens with one attached hydrogen (secondary N) is 1. The van der Waals surface area contributed by atoms with Gasteiger partial charge in [0.25, 0.3) is 0 Å². The Morgan fingerprint density at radius 1 is 1.00 bits per heavy atom. The number of hydrogen-bond acceptors (Lipinski definition) is 2. The normalized spacial score (nSPS) is 22.6.